The van der Waals surface area contributed by atoms with Crippen LogP contribution in [0.15, 0.2) is 47.5 Å². The van der Waals surface area contributed by atoms with Gasteiger partial charge in [-0.05, 0) is 43.7 Å². The van der Waals surface area contributed by atoms with E-state index < -0.39 is 0 Å². The third-order valence-corrected chi connectivity index (χ3v) is 3.96. The van der Waals surface area contributed by atoms with Crippen molar-refractivity contribution < 1.29 is 19.3 Å². The number of phenolic OH excluding ortho intramolecular Hbond substituents is 1. The van der Waals surface area contributed by atoms with Crippen LogP contribution in [0.1, 0.15) is 19.4 Å². The van der Waals surface area contributed by atoms with Crippen molar-refractivity contribution >= 4 is 29.9 Å². The number of para-hydroxylation sites is 2. The van der Waals surface area contributed by atoms with E-state index in [1.165, 1.54) is 7.11 Å². The van der Waals surface area contributed by atoms with E-state index in [0.717, 1.165) is 12.1 Å². The molecule has 2 aromatic carbocycles. The molecular formula is C21H30IN3O4. The fraction of sp³-hybridized carbons (Fsp3) is 0.381. The van der Waals surface area contributed by atoms with Gasteiger partial charge in [0.05, 0.1) is 27.3 Å². The SMILES string of the molecule is CCNC(=NCc1ccc(OC)c(O)c1)NCC(C)Oc1ccccc1OC.I. The fourth-order valence-electron chi connectivity index (χ4n) is 2.56. The maximum absolute atomic E-state index is 9.89. The monoisotopic (exact) mass is 515 g/mol. The van der Waals surface area contributed by atoms with Gasteiger partial charge in [-0.15, -0.1) is 24.0 Å². The van der Waals surface area contributed by atoms with Crippen LogP contribution in [0.25, 0.3) is 0 Å². The van der Waals surface area contributed by atoms with Gasteiger partial charge in [-0.3, -0.25) is 0 Å². The average Bonchev–Trinajstić information content (AvgIpc) is 2.70. The third-order valence-electron chi connectivity index (χ3n) is 3.96. The highest BCUT2D eigenvalue weighted by Crippen LogP contribution is 2.27. The van der Waals surface area contributed by atoms with Gasteiger partial charge in [-0.1, -0.05) is 18.2 Å². The average molecular weight is 515 g/mol. The van der Waals surface area contributed by atoms with Crippen LogP contribution >= 0.6 is 24.0 Å². The first-order chi connectivity index (χ1) is 13.6. The van der Waals surface area contributed by atoms with Crippen LogP contribution in [0.5, 0.6) is 23.0 Å². The molecule has 2 rings (SSSR count). The van der Waals surface area contributed by atoms with E-state index in [1.54, 1.807) is 19.2 Å². The molecule has 0 aliphatic carbocycles. The Kier molecular flexibility index (Phi) is 11.0. The van der Waals surface area contributed by atoms with E-state index in [1.807, 2.05) is 44.2 Å². The van der Waals surface area contributed by atoms with Crippen molar-refractivity contribution in [1.82, 2.24) is 10.6 Å². The van der Waals surface area contributed by atoms with Crippen LogP contribution in [-0.2, 0) is 6.54 Å². The van der Waals surface area contributed by atoms with Gasteiger partial charge in [-0.2, -0.15) is 0 Å². The summed E-state index contributed by atoms with van der Waals surface area (Å²) in [5.74, 6) is 2.63. The van der Waals surface area contributed by atoms with E-state index in [0.29, 0.717) is 36.3 Å². The van der Waals surface area contributed by atoms with Crippen molar-refractivity contribution in [2.24, 2.45) is 4.99 Å². The molecule has 0 saturated heterocycles. The van der Waals surface area contributed by atoms with Gasteiger partial charge in [0.15, 0.2) is 29.0 Å². The van der Waals surface area contributed by atoms with Crippen molar-refractivity contribution in [3.05, 3.63) is 48.0 Å². The molecule has 7 nitrogen and oxygen atoms in total. The second-order valence-electron chi connectivity index (χ2n) is 6.16. The predicted molar refractivity (Wildman–Crippen MR) is 126 cm³/mol. The lowest BCUT2D eigenvalue weighted by molar-refractivity contribution is 0.213. The number of nitrogens with one attached hydrogen (secondary N) is 2. The Bertz CT molecular complexity index is 786. The first-order valence-electron chi connectivity index (χ1n) is 9.25. The lowest BCUT2D eigenvalue weighted by Gasteiger charge is -2.19. The second-order valence-corrected chi connectivity index (χ2v) is 6.16. The van der Waals surface area contributed by atoms with Crippen molar-refractivity contribution in [1.29, 1.82) is 0 Å². The van der Waals surface area contributed by atoms with Crippen LogP contribution in [0.4, 0.5) is 0 Å². The summed E-state index contributed by atoms with van der Waals surface area (Å²) in [6.45, 7) is 5.71. The summed E-state index contributed by atoms with van der Waals surface area (Å²) < 4.78 is 16.3. The van der Waals surface area contributed by atoms with E-state index >= 15 is 0 Å². The molecule has 1 unspecified atom stereocenters. The molecule has 0 aliphatic heterocycles. The maximum Gasteiger partial charge on any atom is 0.191 e. The topological polar surface area (TPSA) is 84.3 Å². The standard InChI is InChI=1S/C21H29N3O4.HI/c1-5-22-21(24-14-16-10-11-18(26-3)17(25)12-16)23-13-15(2)28-20-9-7-6-8-19(20)27-4;/h6-12,15,25H,5,13-14H2,1-4H3,(H2,22,23,24);1H. The third kappa shape index (κ3) is 7.88. The molecule has 0 bridgehead atoms. The molecule has 8 heteroatoms. The molecule has 0 aliphatic rings. The molecule has 1 atom stereocenters. The smallest absolute Gasteiger partial charge is 0.191 e. The molecule has 0 amide bonds. The Balaban J connectivity index is 0.00000420. The zero-order valence-corrected chi connectivity index (χ0v) is 19.6. The van der Waals surface area contributed by atoms with Gasteiger partial charge in [0, 0.05) is 6.54 Å². The van der Waals surface area contributed by atoms with Gasteiger partial charge < -0.3 is 30.0 Å². The van der Waals surface area contributed by atoms with E-state index in [2.05, 4.69) is 15.6 Å². The molecule has 3 N–H and O–H groups in total. The highest BCUT2D eigenvalue weighted by molar-refractivity contribution is 14.0. The summed E-state index contributed by atoms with van der Waals surface area (Å²) in [7, 11) is 3.15. The van der Waals surface area contributed by atoms with Crippen LogP contribution in [-0.4, -0.2) is 44.5 Å². The molecular weight excluding hydrogens is 485 g/mol. The Morgan fingerprint density at radius 3 is 2.34 bits per heavy atom. The first kappa shape index (κ1) is 24.7. The van der Waals surface area contributed by atoms with Crippen molar-refractivity contribution in [3.8, 4) is 23.0 Å². The molecule has 0 heterocycles. The normalized spacial score (nSPS) is 11.8. The summed E-state index contributed by atoms with van der Waals surface area (Å²) in [4.78, 5) is 4.56. The molecule has 0 radical (unpaired) electrons. The van der Waals surface area contributed by atoms with Gasteiger partial charge in [-0.25, -0.2) is 4.99 Å². The molecule has 0 spiro atoms. The minimum Gasteiger partial charge on any atom is -0.504 e. The highest BCUT2D eigenvalue weighted by Gasteiger charge is 2.09. The Morgan fingerprint density at radius 1 is 1.03 bits per heavy atom. The van der Waals surface area contributed by atoms with E-state index in [-0.39, 0.29) is 35.8 Å². The zero-order valence-electron chi connectivity index (χ0n) is 17.3. The van der Waals surface area contributed by atoms with Crippen molar-refractivity contribution in [2.45, 2.75) is 26.5 Å². The number of rotatable bonds is 9. The molecule has 0 saturated carbocycles. The summed E-state index contributed by atoms with van der Waals surface area (Å²) in [6.07, 6.45) is -0.0924. The zero-order chi connectivity index (χ0) is 20.4. The number of halogens is 1. The van der Waals surface area contributed by atoms with E-state index in [4.69, 9.17) is 14.2 Å². The van der Waals surface area contributed by atoms with Crippen LogP contribution < -0.4 is 24.8 Å². The number of nitrogens with zero attached hydrogens (tertiary/aromatic N) is 1. The predicted octanol–water partition coefficient (Wildman–Crippen LogP) is 3.55. The van der Waals surface area contributed by atoms with Crippen LogP contribution in [0.2, 0.25) is 0 Å². The largest absolute Gasteiger partial charge is 0.504 e. The number of aromatic hydroxyl groups is 1. The Hall–Kier alpha value is -2.36. The number of phenols is 1. The first-order valence-corrected chi connectivity index (χ1v) is 9.25. The lowest BCUT2D eigenvalue weighted by Crippen LogP contribution is -2.41. The number of hydrogen-bond acceptors (Lipinski definition) is 5. The van der Waals surface area contributed by atoms with Crippen LogP contribution in [0.3, 0.4) is 0 Å². The van der Waals surface area contributed by atoms with Crippen molar-refractivity contribution in [2.75, 3.05) is 27.3 Å². The summed E-state index contributed by atoms with van der Waals surface area (Å²) in [6, 6.07) is 12.8. The number of aliphatic imine (C=N–C) groups is 1. The second kappa shape index (κ2) is 13.0. The highest BCUT2D eigenvalue weighted by atomic mass is 127. The Labute approximate surface area is 189 Å². The summed E-state index contributed by atoms with van der Waals surface area (Å²) in [5, 5.41) is 16.4. The molecule has 29 heavy (non-hydrogen) atoms. The fourth-order valence-corrected chi connectivity index (χ4v) is 2.56. The Morgan fingerprint density at radius 2 is 1.72 bits per heavy atom. The van der Waals surface area contributed by atoms with Gasteiger partial charge >= 0.3 is 0 Å². The maximum atomic E-state index is 9.89. The van der Waals surface area contributed by atoms with Crippen LogP contribution in [0, 0.1) is 0 Å². The molecule has 2 aromatic rings. The lowest BCUT2D eigenvalue weighted by atomic mass is 10.2. The minimum absolute atomic E-state index is 0. The molecule has 160 valence electrons. The number of guanidine groups is 1. The van der Waals surface area contributed by atoms with E-state index in [9.17, 15) is 5.11 Å². The summed E-state index contributed by atoms with van der Waals surface area (Å²) in [5.41, 5.74) is 0.883. The minimum atomic E-state index is -0.0924. The number of benzene rings is 2. The van der Waals surface area contributed by atoms with Gasteiger partial charge in [0.25, 0.3) is 0 Å². The van der Waals surface area contributed by atoms with Crippen molar-refractivity contribution in [3.63, 3.8) is 0 Å². The molecule has 0 aromatic heterocycles. The molecule has 0 fully saturated rings. The quantitative estimate of drug-likeness (QED) is 0.269. The number of methoxy groups -OCH3 is 2. The summed E-state index contributed by atoms with van der Waals surface area (Å²) >= 11 is 0. The number of ether oxygens (including phenoxy) is 3. The van der Waals surface area contributed by atoms with Gasteiger partial charge in [0.1, 0.15) is 6.10 Å². The van der Waals surface area contributed by atoms with Gasteiger partial charge in [0.2, 0.25) is 0 Å². The number of hydrogen-bond donors (Lipinski definition) is 3.